The molecule has 0 aromatic carbocycles. The number of aromatic amines is 1. The normalized spacial score (nSPS) is 12.3. The molecule has 2 aromatic heterocycles. The Balaban J connectivity index is 2.30. The lowest BCUT2D eigenvalue weighted by Gasteiger charge is -2.07. The van der Waals surface area contributed by atoms with Gasteiger partial charge in [0.05, 0.1) is 17.3 Å². The maximum Gasteiger partial charge on any atom is 0.306 e. The van der Waals surface area contributed by atoms with Gasteiger partial charge in [0.1, 0.15) is 5.82 Å². The predicted octanol–water partition coefficient (Wildman–Crippen LogP) is 2.04. The minimum atomic E-state index is -0.832. The van der Waals surface area contributed by atoms with E-state index < -0.39 is 11.9 Å². The lowest BCUT2D eigenvalue weighted by atomic mass is 10.1. The Morgan fingerprint density at radius 3 is 2.89 bits per heavy atom. The lowest BCUT2D eigenvalue weighted by molar-refractivity contribution is -0.141. The Kier molecular flexibility index (Phi) is 3.41. The number of hydrogen-bond acceptors (Lipinski definition) is 3. The maximum absolute atomic E-state index is 10.8. The van der Waals surface area contributed by atoms with E-state index in [-0.39, 0.29) is 0 Å². The van der Waals surface area contributed by atoms with Crippen molar-refractivity contribution in [2.45, 2.75) is 20.3 Å². The highest BCUT2D eigenvalue weighted by Gasteiger charge is 2.14. The molecule has 0 fully saturated rings. The number of aliphatic carboxylic acids is 1. The number of aromatic nitrogens is 3. The maximum atomic E-state index is 10.8. The number of aryl methyl sites for hydroxylation is 1. The smallest absolute Gasteiger partial charge is 0.306 e. The minimum Gasteiger partial charge on any atom is -0.481 e. The van der Waals surface area contributed by atoms with Gasteiger partial charge in [-0.2, -0.15) is 0 Å². The molecule has 2 rings (SSSR count). The summed E-state index contributed by atoms with van der Waals surface area (Å²) < 4.78 is 0. The van der Waals surface area contributed by atoms with Crippen LogP contribution in [0.4, 0.5) is 0 Å². The second-order valence-electron chi connectivity index (χ2n) is 4.34. The summed E-state index contributed by atoms with van der Waals surface area (Å²) in [6, 6.07) is 5.69. The van der Waals surface area contributed by atoms with Crippen LogP contribution in [0.2, 0.25) is 0 Å². The van der Waals surface area contributed by atoms with Crippen molar-refractivity contribution in [1.82, 2.24) is 15.0 Å². The topological polar surface area (TPSA) is 78.9 Å². The van der Waals surface area contributed by atoms with E-state index in [2.05, 4.69) is 15.0 Å². The van der Waals surface area contributed by atoms with Gasteiger partial charge in [-0.3, -0.25) is 4.79 Å². The van der Waals surface area contributed by atoms with Crippen LogP contribution >= 0.6 is 0 Å². The SMILES string of the molecule is Cc1cc(-c2ccc[nH]2)nc(CC(C)C(=O)O)n1. The van der Waals surface area contributed by atoms with E-state index in [4.69, 9.17) is 5.11 Å². The predicted molar refractivity (Wildman–Crippen MR) is 67.1 cm³/mol. The number of H-pyrrole nitrogens is 1. The third-order valence-electron chi connectivity index (χ3n) is 2.68. The van der Waals surface area contributed by atoms with Gasteiger partial charge in [0.2, 0.25) is 0 Å². The van der Waals surface area contributed by atoms with Crippen molar-refractivity contribution in [1.29, 1.82) is 0 Å². The standard InChI is InChI=1S/C13H15N3O2/c1-8(13(17)18)6-12-15-9(2)7-11(16-12)10-4-3-5-14-10/h3-5,7-8,14H,6H2,1-2H3,(H,17,18). The molecule has 0 saturated heterocycles. The van der Waals surface area contributed by atoms with Crippen LogP contribution in [0.3, 0.4) is 0 Å². The fourth-order valence-corrected chi connectivity index (χ4v) is 1.71. The van der Waals surface area contributed by atoms with E-state index in [1.807, 2.05) is 31.3 Å². The highest BCUT2D eigenvalue weighted by molar-refractivity contribution is 5.69. The molecule has 0 spiro atoms. The van der Waals surface area contributed by atoms with E-state index in [9.17, 15) is 4.79 Å². The Morgan fingerprint density at radius 2 is 2.28 bits per heavy atom. The molecule has 0 aliphatic rings. The van der Waals surface area contributed by atoms with Gasteiger partial charge in [-0.15, -0.1) is 0 Å². The largest absolute Gasteiger partial charge is 0.481 e. The van der Waals surface area contributed by atoms with Crippen LogP contribution in [0.5, 0.6) is 0 Å². The van der Waals surface area contributed by atoms with Crippen LogP contribution in [-0.4, -0.2) is 26.0 Å². The molecule has 0 aliphatic heterocycles. The van der Waals surface area contributed by atoms with Crippen LogP contribution in [-0.2, 0) is 11.2 Å². The zero-order valence-electron chi connectivity index (χ0n) is 10.3. The first-order chi connectivity index (χ1) is 8.56. The van der Waals surface area contributed by atoms with Gasteiger partial charge in [-0.25, -0.2) is 9.97 Å². The molecule has 0 amide bonds. The molecule has 5 nitrogen and oxygen atoms in total. The Morgan fingerprint density at radius 1 is 1.50 bits per heavy atom. The summed E-state index contributed by atoms with van der Waals surface area (Å²) >= 11 is 0. The first kappa shape index (κ1) is 12.3. The second kappa shape index (κ2) is 5.00. The Labute approximate surface area is 105 Å². The number of carboxylic acid groups (broad SMARTS) is 1. The molecular formula is C13H15N3O2. The Bertz CT molecular complexity index is 549. The van der Waals surface area contributed by atoms with E-state index >= 15 is 0 Å². The third kappa shape index (κ3) is 2.74. The summed E-state index contributed by atoms with van der Waals surface area (Å²) in [7, 11) is 0. The highest BCUT2D eigenvalue weighted by atomic mass is 16.4. The molecule has 2 N–H and O–H groups in total. The lowest BCUT2D eigenvalue weighted by Crippen LogP contribution is -2.14. The molecule has 18 heavy (non-hydrogen) atoms. The zero-order valence-corrected chi connectivity index (χ0v) is 10.3. The Hall–Kier alpha value is -2.17. The van der Waals surface area contributed by atoms with Crippen molar-refractivity contribution in [2.75, 3.05) is 0 Å². The number of hydrogen-bond donors (Lipinski definition) is 2. The molecule has 2 heterocycles. The molecular weight excluding hydrogens is 230 g/mol. The van der Waals surface area contributed by atoms with E-state index in [1.54, 1.807) is 6.92 Å². The molecule has 1 unspecified atom stereocenters. The van der Waals surface area contributed by atoms with Crippen LogP contribution in [0.1, 0.15) is 18.4 Å². The second-order valence-corrected chi connectivity index (χ2v) is 4.34. The van der Waals surface area contributed by atoms with E-state index in [0.717, 1.165) is 17.1 Å². The van der Waals surface area contributed by atoms with E-state index in [1.165, 1.54) is 0 Å². The summed E-state index contributed by atoms with van der Waals surface area (Å²) in [4.78, 5) is 22.6. The first-order valence-corrected chi connectivity index (χ1v) is 5.77. The molecule has 94 valence electrons. The molecule has 0 saturated carbocycles. The van der Waals surface area contributed by atoms with E-state index in [0.29, 0.717) is 12.2 Å². The van der Waals surface area contributed by atoms with Crippen molar-refractivity contribution in [3.63, 3.8) is 0 Å². The summed E-state index contributed by atoms with van der Waals surface area (Å²) in [6.07, 6.45) is 2.16. The molecule has 1 atom stereocenters. The average Bonchev–Trinajstić information content (AvgIpc) is 2.81. The third-order valence-corrected chi connectivity index (χ3v) is 2.68. The monoisotopic (exact) mass is 245 g/mol. The van der Waals surface area contributed by atoms with Crippen molar-refractivity contribution in [3.8, 4) is 11.4 Å². The van der Waals surface area contributed by atoms with Crippen LogP contribution in [0, 0.1) is 12.8 Å². The number of nitrogens with zero attached hydrogens (tertiary/aromatic N) is 2. The van der Waals surface area contributed by atoms with Crippen molar-refractivity contribution >= 4 is 5.97 Å². The fraction of sp³-hybridized carbons (Fsp3) is 0.308. The number of nitrogens with one attached hydrogen (secondary N) is 1. The van der Waals surface area contributed by atoms with Gasteiger partial charge < -0.3 is 10.1 Å². The summed E-state index contributed by atoms with van der Waals surface area (Å²) in [5, 5.41) is 8.90. The molecule has 0 radical (unpaired) electrons. The van der Waals surface area contributed by atoms with Crippen LogP contribution in [0.25, 0.3) is 11.4 Å². The first-order valence-electron chi connectivity index (χ1n) is 5.77. The average molecular weight is 245 g/mol. The zero-order chi connectivity index (χ0) is 13.1. The summed E-state index contributed by atoms with van der Waals surface area (Å²) in [5.41, 5.74) is 2.53. The van der Waals surface area contributed by atoms with Gasteiger partial charge in [-0.05, 0) is 25.1 Å². The number of rotatable bonds is 4. The van der Waals surface area contributed by atoms with Crippen molar-refractivity contribution in [2.24, 2.45) is 5.92 Å². The van der Waals surface area contributed by atoms with Crippen LogP contribution in [0.15, 0.2) is 24.4 Å². The summed E-state index contributed by atoms with van der Waals surface area (Å²) in [6.45, 7) is 3.53. The fourth-order valence-electron chi connectivity index (χ4n) is 1.71. The van der Waals surface area contributed by atoms with Gasteiger partial charge in [-0.1, -0.05) is 6.92 Å². The summed E-state index contributed by atoms with van der Waals surface area (Å²) in [5.74, 6) is -0.751. The number of carbonyl (C=O) groups is 1. The van der Waals surface area contributed by atoms with Crippen molar-refractivity contribution in [3.05, 3.63) is 35.9 Å². The quantitative estimate of drug-likeness (QED) is 0.864. The molecule has 2 aromatic rings. The molecule has 0 aliphatic carbocycles. The van der Waals surface area contributed by atoms with Crippen molar-refractivity contribution < 1.29 is 9.90 Å². The minimum absolute atomic E-state index is 0.338. The van der Waals surface area contributed by atoms with Gasteiger partial charge in [0, 0.05) is 18.3 Å². The highest BCUT2D eigenvalue weighted by Crippen LogP contribution is 2.16. The molecule has 5 heteroatoms. The van der Waals surface area contributed by atoms with Gasteiger partial charge >= 0.3 is 5.97 Å². The van der Waals surface area contributed by atoms with Gasteiger partial charge in [0.15, 0.2) is 0 Å². The van der Waals surface area contributed by atoms with Gasteiger partial charge in [0.25, 0.3) is 0 Å². The number of carboxylic acids is 1. The molecule has 0 bridgehead atoms. The van der Waals surface area contributed by atoms with Crippen LogP contribution < -0.4 is 0 Å².